The molecule has 3 N–H and O–H groups in total. The monoisotopic (exact) mass is 1350 g/mol. The molecule has 0 fully saturated rings. The van der Waals surface area contributed by atoms with E-state index in [1.54, 1.807) is 0 Å². The number of aliphatic hydroxyl groups excluding tert-OH is 1. The van der Waals surface area contributed by atoms with Crippen molar-refractivity contribution in [2.24, 2.45) is 11.8 Å². The van der Waals surface area contributed by atoms with E-state index in [-0.39, 0.29) is 25.7 Å². The first kappa shape index (κ1) is 90.1. The summed E-state index contributed by atoms with van der Waals surface area (Å²) in [6, 6.07) is 0. The fourth-order valence-electron chi connectivity index (χ4n) is 11.1. The number of hydrogen-bond acceptors (Lipinski definition) is 15. The van der Waals surface area contributed by atoms with Gasteiger partial charge in [0.2, 0.25) is 0 Å². The molecule has 0 radical (unpaired) electrons. The third-order valence-electron chi connectivity index (χ3n) is 17.3. The smallest absolute Gasteiger partial charge is 0.462 e. The van der Waals surface area contributed by atoms with Crippen molar-refractivity contribution in [3.8, 4) is 0 Å². The van der Waals surface area contributed by atoms with E-state index in [4.69, 9.17) is 37.0 Å². The third-order valence-corrected chi connectivity index (χ3v) is 19.2. The van der Waals surface area contributed by atoms with Crippen LogP contribution in [0, 0.1) is 11.8 Å². The van der Waals surface area contributed by atoms with Gasteiger partial charge in [-0.3, -0.25) is 37.3 Å². The van der Waals surface area contributed by atoms with Crippen LogP contribution in [-0.4, -0.2) is 96.7 Å². The van der Waals surface area contributed by atoms with E-state index >= 15 is 0 Å². The van der Waals surface area contributed by atoms with Crippen LogP contribution >= 0.6 is 15.6 Å². The number of rotatable bonds is 72. The number of ether oxygens (including phenoxy) is 4. The van der Waals surface area contributed by atoms with Gasteiger partial charge in [0.05, 0.1) is 26.4 Å². The average Bonchev–Trinajstić information content (AvgIpc) is 1.64. The number of carbonyl (C=O) groups excluding carboxylic acids is 4. The fourth-order valence-corrected chi connectivity index (χ4v) is 12.7. The summed E-state index contributed by atoms with van der Waals surface area (Å²) in [7, 11) is -9.90. The van der Waals surface area contributed by atoms with Gasteiger partial charge in [-0.25, -0.2) is 9.13 Å². The lowest BCUT2D eigenvalue weighted by Gasteiger charge is -2.21. The summed E-state index contributed by atoms with van der Waals surface area (Å²) >= 11 is 0. The van der Waals surface area contributed by atoms with Crippen molar-refractivity contribution < 1.29 is 80.2 Å². The Labute approximate surface area is 562 Å². The van der Waals surface area contributed by atoms with Crippen LogP contribution in [0.25, 0.3) is 0 Å². The molecule has 0 rings (SSSR count). The molecule has 0 aliphatic carbocycles. The molecule has 19 heteroatoms. The van der Waals surface area contributed by atoms with Gasteiger partial charge in [-0.15, -0.1) is 0 Å². The number of unbranched alkanes of at least 4 members (excludes halogenated alkanes) is 41. The van der Waals surface area contributed by atoms with Crippen molar-refractivity contribution in [1.29, 1.82) is 0 Å². The van der Waals surface area contributed by atoms with Crippen molar-refractivity contribution in [1.82, 2.24) is 0 Å². The normalized spacial score (nSPS) is 14.4. The Hall–Kier alpha value is -1.94. The van der Waals surface area contributed by atoms with Gasteiger partial charge in [0, 0.05) is 25.7 Å². The predicted molar refractivity (Wildman–Crippen MR) is 372 cm³/mol. The average molecular weight is 1350 g/mol. The molecule has 0 aliphatic rings. The Morgan fingerprint density at radius 1 is 0.315 bits per heavy atom. The molecule has 0 saturated heterocycles. The van der Waals surface area contributed by atoms with Gasteiger partial charge in [-0.1, -0.05) is 324 Å². The van der Waals surface area contributed by atoms with Crippen LogP contribution in [0.15, 0.2) is 0 Å². The Bertz CT molecular complexity index is 1790. The minimum Gasteiger partial charge on any atom is -0.462 e. The molecule has 0 amide bonds. The van der Waals surface area contributed by atoms with Crippen molar-refractivity contribution in [2.75, 3.05) is 39.6 Å². The summed E-state index contributed by atoms with van der Waals surface area (Å²) in [4.78, 5) is 72.6. The summed E-state index contributed by atoms with van der Waals surface area (Å²) in [5.41, 5.74) is 0. The quantitative estimate of drug-likeness (QED) is 0.0222. The largest absolute Gasteiger partial charge is 0.472 e. The second kappa shape index (κ2) is 65.0. The van der Waals surface area contributed by atoms with Gasteiger partial charge < -0.3 is 33.8 Å². The maximum atomic E-state index is 13.1. The maximum absolute atomic E-state index is 13.1. The van der Waals surface area contributed by atoms with E-state index in [1.165, 1.54) is 186 Å². The van der Waals surface area contributed by atoms with E-state index in [1.807, 2.05) is 0 Å². The molecular formula is C73H142O17P2. The van der Waals surface area contributed by atoms with Crippen LogP contribution in [0.4, 0.5) is 0 Å². The number of phosphoric acid groups is 2. The van der Waals surface area contributed by atoms with Gasteiger partial charge in [0.25, 0.3) is 0 Å². The SMILES string of the molecule is CCCCCCCCCCCCCCCC(=O)OC[C@H](COP(=O)(O)OC[C@@H](O)COP(=O)(O)OC[C@@H](COC(=O)CCCCCCCCC(C)CC)OC(=O)CCCCCCCCCCCCC)OC(=O)CCCCCCCCCCCCCCCCCC(C)C. The van der Waals surface area contributed by atoms with Gasteiger partial charge in [0.1, 0.15) is 19.3 Å². The molecule has 0 saturated carbocycles. The number of esters is 4. The van der Waals surface area contributed by atoms with Gasteiger partial charge >= 0.3 is 39.5 Å². The lowest BCUT2D eigenvalue weighted by atomic mass is 10.00. The van der Waals surface area contributed by atoms with Gasteiger partial charge in [-0.2, -0.15) is 0 Å². The molecule has 0 aliphatic heterocycles. The van der Waals surface area contributed by atoms with Gasteiger partial charge in [0.15, 0.2) is 12.2 Å². The van der Waals surface area contributed by atoms with Gasteiger partial charge in [-0.05, 0) is 37.5 Å². The zero-order valence-corrected chi connectivity index (χ0v) is 61.6. The summed E-state index contributed by atoms with van der Waals surface area (Å²) in [5, 5.41) is 10.6. The highest BCUT2D eigenvalue weighted by atomic mass is 31.2. The van der Waals surface area contributed by atoms with Crippen LogP contribution < -0.4 is 0 Å². The third kappa shape index (κ3) is 65.4. The van der Waals surface area contributed by atoms with Crippen molar-refractivity contribution >= 4 is 39.5 Å². The van der Waals surface area contributed by atoms with E-state index in [2.05, 4.69) is 41.5 Å². The number of carbonyl (C=O) groups is 4. The van der Waals surface area contributed by atoms with E-state index in [0.29, 0.717) is 25.7 Å². The zero-order valence-electron chi connectivity index (χ0n) is 59.9. The molecule has 0 heterocycles. The van der Waals surface area contributed by atoms with Crippen molar-refractivity contribution in [3.63, 3.8) is 0 Å². The minimum atomic E-state index is -4.95. The molecule has 17 nitrogen and oxygen atoms in total. The molecule has 92 heavy (non-hydrogen) atoms. The Kier molecular flexibility index (Phi) is 63.7. The van der Waals surface area contributed by atoms with Crippen molar-refractivity contribution in [2.45, 2.75) is 394 Å². The first-order valence-electron chi connectivity index (χ1n) is 38.0. The van der Waals surface area contributed by atoms with E-state index in [0.717, 1.165) is 108 Å². The highest BCUT2D eigenvalue weighted by Crippen LogP contribution is 2.45. The lowest BCUT2D eigenvalue weighted by Crippen LogP contribution is -2.30. The first-order chi connectivity index (χ1) is 44.4. The maximum Gasteiger partial charge on any atom is 0.472 e. The predicted octanol–water partition coefficient (Wildman–Crippen LogP) is 21.2. The molecule has 0 spiro atoms. The van der Waals surface area contributed by atoms with Crippen LogP contribution in [-0.2, 0) is 65.4 Å². The second-order valence-corrected chi connectivity index (χ2v) is 30.0. The van der Waals surface area contributed by atoms with E-state index in [9.17, 15) is 43.2 Å². The molecule has 546 valence electrons. The number of aliphatic hydroxyl groups is 1. The highest BCUT2D eigenvalue weighted by molar-refractivity contribution is 7.47. The van der Waals surface area contributed by atoms with Crippen LogP contribution in [0.2, 0.25) is 0 Å². The Balaban J connectivity index is 5.23. The molecule has 3 unspecified atom stereocenters. The zero-order chi connectivity index (χ0) is 67.9. The summed E-state index contributed by atoms with van der Waals surface area (Å²) in [6.45, 7) is 9.56. The highest BCUT2D eigenvalue weighted by Gasteiger charge is 2.30. The topological polar surface area (TPSA) is 237 Å². The number of phosphoric ester groups is 2. The lowest BCUT2D eigenvalue weighted by molar-refractivity contribution is -0.161. The molecule has 0 aromatic heterocycles. The summed E-state index contributed by atoms with van der Waals surface area (Å²) in [6.07, 6.45) is 51.3. The Morgan fingerprint density at radius 2 is 0.554 bits per heavy atom. The molecule has 0 bridgehead atoms. The first-order valence-corrected chi connectivity index (χ1v) is 41.0. The molecule has 0 aromatic rings. The van der Waals surface area contributed by atoms with Crippen LogP contribution in [0.5, 0.6) is 0 Å². The summed E-state index contributed by atoms with van der Waals surface area (Å²) < 4.78 is 68.4. The standard InChI is InChI=1S/C73H142O17P2/c1-7-10-12-14-16-18-20-24-29-32-36-43-49-55-70(75)83-61-68(89-73(78)58-52-46-38-34-30-26-23-21-22-25-28-31-35-41-47-53-65(4)5)63-87-91(79,80)85-59-67(74)60-86-92(81,82)88-64-69(62-84-71(76)56-50-44-40-39-42-48-54-66(6)9-3)90-72(77)57-51-45-37-33-27-19-17-15-13-11-8-2/h65-69,74H,7-64H2,1-6H3,(H,79,80)(H,81,82)/t66?,67-,68-,69-/m1/s1. The molecular weight excluding hydrogens is 1210 g/mol. The van der Waals surface area contributed by atoms with Crippen molar-refractivity contribution in [3.05, 3.63) is 0 Å². The second-order valence-electron chi connectivity index (χ2n) is 27.1. The molecule has 0 aromatic carbocycles. The minimum absolute atomic E-state index is 0.106. The van der Waals surface area contributed by atoms with Crippen LogP contribution in [0.3, 0.4) is 0 Å². The van der Waals surface area contributed by atoms with Crippen LogP contribution in [0.1, 0.15) is 375 Å². The Morgan fingerprint density at radius 3 is 0.826 bits per heavy atom. The van der Waals surface area contributed by atoms with E-state index < -0.39 is 97.5 Å². The fraction of sp³-hybridized carbons (Fsp3) is 0.945. The number of hydrogen-bond donors (Lipinski definition) is 3. The summed E-state index contributed by atoms with van der Waals surface area (Å²) in [5.74, 6) is -0.585. The molecule has 6 atom stereocenters.